The molecule has 0 fully saturated rings. The number of nitrogens with one attached hydrogen (secondary N) is 2. The highest BCUT2D eigenvalue weighted by Crippen LogP contribution is 2.16. The molecular formula is C18H22N4O3. The fraction of sp³-hybridized carbons (Fsp3) is 0.278. The minimum absolute atomic E-state index is 0.00522. The summed E-state index contributed by atoms with van der Waals surface area (Å²) in [6.45, 7) is 1.49. The van der Waals surface area contributed by atoms with Crippen LogP contribution in [0.1, 0.15) is 6.42 Å². The van der Waals surface area contributed by atoms with Gasteiger partial charge in [0, 0.05) is 43.6 Å². The Balaban J connectivity index is 1.66. The Labute approximate surface area is 146 Å². The Hall–Kier alpha value is -3.09. The van der Waals surface area contributed by atoms with Crippen molar-refractivity contribution in [1.82, 2.24) is 5.32 Å². The highest BCUT2D eigenvalue weighted by atomic mass is 16.6. The van der Waals surface area contributed by atoms with Crippen LogP contribution in [0.5, 0.6) is 0 Å². The molecular weight excluding hydrogens is 320 g/mol. The number of carbonyl (C=O) groups excluding carboxylic acids is 1. The van der Waals surface area contributed by atoms with E-state index in [1.54, 1.807) is 12.1 Å². The molecule has 25 heavy (non-hydrogen) atoms. The molecule has 0 heterocycles. The number of rotatable bonds is 9. The third kappa shape index (κ3) is 6.14. The van der Waals surface area contributed by atoms with Crippen molar-refractivity contribution in [2.45, 2.75) is 6.42 Å². The minimum Gasteiger partial charge on any atom is -0.376 e. The average Bonchev–Trinajstić information content (AvgIpc) is 2.64. The minimum atomic E-state index is -0.464. The summed E-state index contributed by atoms with van der Waals surface area (Å²) < 4.78 is 0. The molecule has 0 atom stereocenters. The number of nitrogens with zero attached hydrogens (tertiary/aromatic N) is 2. The molecule has 0 aliphatic rings. The van der Waals surface area contributed by atoms with Crippen molar-refractivity contribution in [1.29, 1.82) is 0 Å². The molecule has 0 radical (unpaired) electrons. The second-order valence-electron chi connectivity index (χ2n) is 5.62. The lowest BCUT2D eigenvalue weighted by atomic mass is 10.3. The lowest BCUT2D eigenvalue weighted by Crippen LogP contribution is -2.32. The number of nitro benzene ring substituents is 1. The van der Waals surface area contributed by atoms with Crippen LogP contribution in [0.25, 0.3) is 0 Å². The van der Waals surface area contributed by atoms with E-state index in [0.717, 1.165) is 18.7 Å². The van der Waals surface area contributed by atoms with E-state index in [1.807, 2.05) is 37.4 Å². The first kappa shape index (κ1) is 18.3. The Bertz CT molecular complexity index is 706. The van der Waals surface area contributed by atoms with Gasteiger partial charge >= 0.3 is 0 Å². The monoisotopic (exact) mass is 342 g/mol. The van der Waals surface area contributed by atoms with Crippen molar-refractivity contribution in [3.63, 3.8) is 0 Å². The summed E-state index contributed by atoms with van der Waals surface area (Å²) in [6, 6.07) is 16.1. The number of nitro groups is 1. The number of benzene rings is 2. The Kier molecular flexibility index (Phi) is 6.76. The van der Waals surface area contributed by atoms with Gasteiger partial charge in [-0.1, -0.05) is 24.3 Å². The largest absolute Gasteiger partial charge is 0.376 e. The smallest absolute Gasteiger partial charge is 0.271 e. The van der Waals surface area contributed by atoms with E-state index in [4.69, 9.17) is 0 Å². The van der Waals surface area contributed by atoms with Crippen LogP contribution in [-0.4, -0.2) is 37.5 Å². The molecule has 7 heteroatoms. The summed E-state index contributed by atoms with van der Waals surface area (Å²) in [4.78, 5) is 24.2. The number of anilines is 2. The summed E-state index contributed by atoms with van der Waals surface area (Å²) >= 11 is 0. The van der Waals surface area contributed by atoms with E-state index in [1.165, 1.54) is 12.1 Å². The predicted octanol–water partition coefficient (Wildman–Crippen LogP) is 2.65. The van der Waals surface area contributed by atoms with Gasteiger partial charge in [-0.05, 0) is 24.6 Å². The van der Waals surface area contributed by atoms with Gasteiger partial charge in [-0.3, -0.25) is 14.9 Å². The van der Waals surface area contributed by atoms with Gasteiger partial charge in [-0.25, -0.2) is 0 Å². The fourth-order valence-electron chi connectivity index (χ4n) is 2.33. The maximum atomic E-state index is 11.8. The Morgan fingerprint density at radius 3 is 2.64 bits per heavy atom. The molecule has 0 bridgehead atoms. The number of para-hydroxylation sites is 1. The van der Waals surface area contributed by atoms with Gasteiger partial charge < -0.3 is 15.5 Å². The second-order valence-corrected chi connectivity index (χ2v) is 5.62. The maximum Gasteiger partial charge on any atom is 0.271 e. The van der Waals surface area contributed by atoms with Crippen molar-refractivity contribution in [3.05, 3.63) is 64.7 Å². The molecule has 0 saturated heterocycles. The lowest BCUT2D eigenvalue weighted by Gasteiger charge is -2.19. The van der Waals surface area contributed by atoms with Crippen molar-refractivity contribution in [2.24, 2.45) is 0 Å². The molecule has 2 aromatic carbocycles. The number of hydrogen-bond donors (Lipinski definition) is 2. The standard InChI is InChI=1S/C18H22N4O3/c1-21(16-8-3-2-4-9-16)12-6-11-19-18(23)14-20-15-7-5-10-17(13-15)22(24)25/h2-5,7-10,13,20H,6,11-12,14H2,1H3,(H,19,23). The Morgan fingerprint density at radius 2 is 1.92 bits per heavy atom. The van der Waals surface area contributed by atoms with Crippen LogP contribution < -0.4 is 15.5 Å². The molecule has 132 valence electrons. The van der Waals surface area contributed by atoms with E-state index >= 15 is 0 Å². The lowest BCUT2D eigenvalue weighted by molar-refractivity contribution is -0.384. The van der Waals surface area contributed by atoms with E-state index in [9.17, 15) is 14.9 Å². The first-order valence-electron chi connectivity index (χ1n) is 8.07. The van der Waals surface area contributed by atoms with Gasteiger partial charge in [-0.15, -0.1) is 0 Å². The summed E-state index contributed by atoms with van der Waals surface area (Å²) in [5.74, 6) is -0.145. The number of carbonyl (C=O) groups is 1. The zero-order valence-electron chi connectivity index (χ0n) is 14.1. The molecule has 7 nitrogen and oxygen atoms in total. The molecule has 2 N–H and O–H groups in total. The van der Waals surface area contributed by atoms with Gasteiger partial charge in [-0.2, -0.15) is 0 Å². The first-order valence-corrected chi connectivity index (χ1v) is 8.07. The number of amides is 1. The van der Waals surface area contributed by atoms with E-state index in [-0.39, 0.29) is 18.1 Å². The molecule has 0 aromatic heterocycles. The summed E-state index contributed by atoms with van der Waals surface area (Å²) in [6.07, 6.45) is 0.827. The van der Waals surface area contributed by atoms with Crippen molar-refractivity contribution in [2.75, 3.05) is 36.9 Å². The SMILES string of the molecule is CN(CCCNC(=O)CNc1cccc([N+](=O)[O-])c1)c1ccccc1. The van der Waals surface area contributed by atoms with Gasteiger partial charge in [0.05, 0.1) is 11.5 Å². The number of hydrogen-bond acceptors (Lipinski definition) is 5. The molecule has 0 aliphatic carbocycles. The quantitative estimate of drug-likeness (QED) is 0.415. The van der Waals surface area contributed by atoms with Gasteiger partial charge in [0.1, 0.15) is 0 Å². The summed E-state index contributed by atoms with van der Waals surface area (Å²) in [7, 11) is 2.01. The second kappa shape index (κ2) is 9.27. The maximum absolute atomic E-state index is 11.8. The zero-order chi connectivity index (χ0) is 18.1. The van der Waals surface area contributed by atoms with Gasteiger partial charge in [0.2, 0.25) is 5.91 Å². The van der Waals surface area contributed by atoms with E-state index in [0.29, 0.717) is 12.2 Å². The van der Waals surface area contributed by atoms with Crippen molar-refractivity contribution in [3.8, 4) is 0 Å². The Morgan fingerprint density at radius 1 is 1.16 bits per heavy atom. The topological polar surface area (TPSA) is 87.5 Å². The average molecular weight is 342 g/mol. The van der Waals surface area contributed by atoms with E-state index in [2.05, 4.69) is 15.5 Å². The van der Waals surface area contributed by atoms with Crippen LogP contribution in [0.15, 0.2) is 54.6 Å². The molecule has 0 aliphatic heterocycles. The summed E-state index contributed by atoms with van der Waals surface area (Å²) in [5.41, 5.74) is 1.68. The van der Waals surface area contributed by atoms with Crippen LogP contribution in [0.4, 0.5) is 17.1 Å². The molecule has 0 spiro atoms. The van der Waals surface area contributed by atoms with Gasteiger partial charge in [0.25, 0.3) is 5.69 Å². The fourth-order valence-corrected chi connectivity index (χ4v) is 2.33. The van der Waals surface area contributed by atoms with Crippen LogP contribution in [0.3, 0.4) is 0 Å². The molecule has 2 aromatic rings. The van der Waals surface area contributed by atoms with Crippen LogP contribution in [0, 0.1) is 10.1 Å². The van der Waals surface area contributed by atoms with Crippen LogP contribution in [0.2, 0.25) is 0 Å². The molecule has 1 amide bonds. The zero-order valence-corrected chi connectivity index (χ0v) is 14.1. The highest BCUT2D eigenvalue weighted by molar-refractivity contribution is 5.80. The predicted molar refractivity (Wildman–Crippen MR) is 98.9 cm³/mol. The molecule has 2 rings (SSSR count). The molecule has 0 unspecified atom stereocenters. The van der Waals surface area contributed by atoms with E-state index < -0.39 is 4.92 Å². The summed E-state index contributed by atoms with van der Waals surface area (Å²) in [5, 5.41) is 16.4. The number of non-ortho nitro benzene ring substituents is 1. The molecule has 0 saturated carbocycles. The van der Waals surface area contributed by atoms with Crippen LogP contribution >= 0.6 is 0 Å². The van der Waals surface area contributed by atoms with Crippen LogP contribution in [-0.2, 0) is 4.79 Å². The first-order chi connectivity index (χ1) is 12.1. The highest BCUT2D eigenvalue weighted by Gasteiger charge is 2.07. The van der Waals surface area contributed by atoms with Crippen molar-refractivity contribution >= 4 is 23.0 Å². The third-order valence-electron chi connectivity index (χ3n) is 3.70. The van der Waals surface area contributed by atoms with Gasteiger partial charge in [0.15, 0.2) is 0 Å². The van der Waals surface area contributed by atoms with Crippen molar-refractivity contribution < 1.29 is 9.72 Å². The third-order valence-corrected chi connectivity index (χ3v) is 3.70. The normalized spacial score (nSPS) is 10.1.